The van der Waals surface area contributed by atoms with Gasteiger partial charge < -0.3 is 9.47 Å². The van der Waals surface area contributed by atoms with Crippen LogP contribution in [0, 0.1) is 14.0 Å². The molecule has 16 heavy (non-hydrogen) atoms. The summed E-state index contributed by atoms with van der Waals surface area (Å²) in [5, 5.41) is 0. The van der Waals surface area contributed by atoms with Crippen LogP contribution >= 0.6 is 0 Å². The Morgan fingerprint density at radius 1 is 1.06 bits per heavy atom. The SMILES string of the molecule is [CH2]CCOC(=O)C(=C)C.[CH2]OC(=O)C(=C)C. The lowest BCUT2D eigenvalue weighted by Crippen LogP contribution is -2.04. The van der Waals surface area contributed by atoms with E-state index in [4.69, 9.17) is 0 Å². The smallest absolute Gasteiger partial charge is 0.333 e. The predicted molar refractivity (Wildman–Crippen MR) is 62.0 cm³/mol. The van der Waals surface area contributed by atoms with Gasteiger partial charge in [-0.15, -0.1) is 0 Å². The van der Waals surface area contributed by atoms with Crippen LogP contribution in [0.3, 0.4) is 0 Å². The second-order valence-corrected chi connectivity index (χ2v) is 2.98. The van der Waals surface area contributed by atoms with Crippen molar-refractivity contribution in [3.63, 3.8) is 0 Å². The van der Waals surface area contributed by atoms with Gasteiger partial charge in [-0.3, -0.25) is 0 Å². The van der Waals surface area contributed by atoms with Crippen LogP contribution in [0.25, 0.3) is 0 Å². The van der Waals surface area contributed by atoms with Crippen LogP contribution in [0.1, 0.15) is 20.3 Å². The highest BCUT2D eigenvalue weighted by molar-refractivity contribution is 5.87. The summed E-state index contributed by atoms with van der Waals surface area (Å²) in [6.45, 7) is 13.8. The number of rotatable bonds is 4. The Bertz CT molecular complexity index is 266. The number of hydrogen-bond donors (Lipinski definition) is 0. The molecule has 0 aromatic carbocycles. The van der Waals surface area contributed by atoms with Crippen LogP contribution in [-0.4, -0.2) is 18.5 Å². The number of esters is 2. The van der Waals surface area contributed by atoms with E-state index in [1.807, 2.05) is 0 Å². The summed E-state index contributed by atoms with van der Waals surface area (Å²) in [5.41, 5.74) is 0.804. The van der Waals surface area contributed by atoms with Crippen molar-refractivity contribution in [2.24, 2.45) is 0 Å². The minimum atomic E-state index is -0.458. The molecule has 4 heteroatoms. The number of carbonyl (C=O) groups excluding carboxylic acids is 2. The Balaban J connectivity index is 0. The minimum Gasteiger partial charge on any atom is -0.462 e. The molecule has 2 radical (unpaired) electrons. The topological polar surface area (TPSA) is 52.6 Å². The number of hydrogen-bond acceptors (Lipinski definition) is 4. The summed E-state index contributed by atoms with van der Waals surface area (Å²) in [5.74, 6) is -0.793. The summed E-state index contributed by atoms with van der Waals surface area (Å²) in [6.07, 6.45) is 0.610. The minimum absolute atomic E-state index is 0.335. The second kappa shape index (κ2) is 9.96. The van der Waals surface area contributed by atoms with Crippen molar-refractivity contribution in [1.29, 1.82) is 0 Å². The molecule has 0 aromatic rings. The first-order chi connectivity index (χ1) is 7.36. The van der Waals surface area contributed by atoms with Crippen molar-refractivity contribution < 1.29 is 19.1 Å². The van der Waals surface area contributed by atoms with Crippen molar-refractivity contribution in [3.8, 4) is 0 Å². The van der Waals surface area contributed by atoms with E-state index in [0.717, 1.165) is 0 Å². The van der Waals surface area contributed by atoms with Gasteiger partial charge in [0.1, 0.15) is 7.11 Å². The maximum Gasteiger partial charge on any atom is 0.333 e. The highest BCUT2D eigenvalue weighted by Crippen LogP contribution is 1.91. The van der Waals surface area contributed by atoms with Crippen LogP contribution in [0.15, 0.2) is 24.3 Å². The molecule has 0 aromatic heterocycles. The van der Waals surface area contributed by atoms with Crippen LogP contribution in [0.4, 0.5) is 0 Å². The quantitative estimate of drug-likeness (QED) is 0.545. The van der Waals surface area contributed by atoms with Crippen LogP contribution in [0.2, 0.25) is 0 Å². The van der Waals surface area contributed by atoms with E-state index in [-0.39, 0.29) is 5.97 Å². The fourth-order valence-corrected chi connectivity index (χ4v) is 0.411. The van der Waals surface area contributed by atoms with Crippen molar-refractivity contribution in [2.75, 3.05) is 6.61 Å². The summed E-state index contributed by atoms with van der Waals surface area (Å²) >= 11 is 0. The normalized spacial score (nSPS) is 8.25. The Hall–Kier alpha value is -1.58. The van der Waals surface area contributed by atoms with Crippen molar-refractivity contribution >= 4 is 11.9 Å². The lowest BCUT2D eigenvalue weighted by molar-refractivity contribution is -0.138. The molecule has 0 aliphatic rings. The lowest BCUT2D eigenvalue weighted by Gasteiger charge is -1.99. The summed E-state index contributed by atoms with van der Waals surface area (Å²) in [7, 11) is 2.90. The third-order valence-electron chi connectivity index (χ3n) is 1.21. The van der Waals surface area contributed by atoms with Gasteiger partial charge in [0.25, 0.3) is 0 Å². The van der Waals surface area contributed by atoms with Gasteiger partial charge in [0.2, 0.25) is 0 Å². The van der Waals surface area contributed by atoms with Gasteiger partial charge in [0.15, 0.2) is 0 Å². The molecule has 0 saturated carbocycles. The summed E-state index contributed by atoms with van der Waals surface area (Å²) < 4.78 is 8.67. The van der Waals surface area contributed by atoms with E-state index >= 15 is 0 Å². The first-order valence-corrected chi connectivity index (χ1v) is 4.60. The van der Waals surface area contributed by atoms with Crippen molar-refractivity contribution in [1.82, 2.24) is 0 Å². The highest BCUT2D eigenvalue weighted by atomic mass is 16.5. The summed E-state index contributed by atoms with van der Waals surface area (Å²) in [6, 6.07) is 0. The van der Waals surface area contributed by atoms with Gasteiger partial charge >= 0.3 is 11.9 Å². The molecule has 90 valence electrons. The highest BCUT2D eigenvalue weighted by Gasteiger charge is 1.99. The van der Waals surface area contributed by atoms with E-state index in [9.17, 15) is 9.59 Å². The average molecular weight is 226 g/mol. The molecule has 0 unspecified atom stereocenters. The second-order valence-electron chi connectivity index (χ2n) is 2.98. The largest absolute Gasteiger partial charge is 0.462 e. The molecule has 0 bridgehead atoms. The molecule has 0 spiro atoms. The molecule has 0 fully saturated rings. The standard InChI is InChI=1S/C7H11O2.C5H7O2/c1-4-5-9-7(8)6(2)3;1-4(2)5(6)7-3/h1-2,4-5H2,3H3;1,3H2,2H3. The van der Waals surface area contributed by atoms with Gasteiger partial charge in [-0.2, -0.15) is 0 Å². The Labute approximate surface area is 96.9 Å². The number of ether oxygens (including phenoxy) is 2. The fraction of sp³-hybridized carbons (Fsp3) is 0.333. The van der Waals surface area contributed by atoms with Crippen LogP contribution < -0.4 is 0 Å². The van der Waals surface area contributed by atoms with E-state index in [1.165, 1.54) is 0 Å². The van der Waals surface area contributed by atoms with Gasteiger partial charge in [0, 0.05) is 11.1 Å². The van der Waals surface area contributed by atoms with E-state index in [1.54, 1.807) is 13.8 Å². The third kappa shape index (κ3) is 10.5. The van der Waals surface area contributed by atoms with Gasteiger partial charge in [0.05, 0.1) is 6.61 Å². The summed E-state index contributed by atoms with van der Waals surface area (Å²) in [4.78, 5) is 20.7. The molecule has 0 amide bonds. The molecular formula is C12H18O4. The Kier molecular flexibility index (Phi) is 10.5. The zero-order valence-electron chi connectivity index (χ0n) is 9.88. The van der Waals surface area contributed by atoms with E-state index in [2.05, 4.69) is 36.7 Å². The van der Waals surface area contributed by atoms with Gasteiger partial charge in [-0.1, -0.05) is 13.2 Å². The molecule has 0 heterocycles. The molecule has 4 nitrogen and oxygen atoms in total. The molecule has 0 N–H and O–H groups in total. The molecule has 0 aliphatic carbocycles. The lowest BCUT2D eigenvalue weighted by atomic mass is 10.4. The van der Waals surface area contributed by atoms with Crippen molar-refractivity contribution in [3.05, 3.63) is 38.3 Å². The first kappa shape index (κ1) is 16.8. The van der Waals surface area contributed by atoms with Crippen LogP contribution in [0.5, 0.6) is 0 Å². The monoisotopic (exact) mass is 226 g/mol. The molecule has 0 saturated heterocycles. The molecule has 0 rings (SSSR count). The van der Waals surface area contributed by atoms with E-state index in [0.29, 0.717) is 24.2 Å². The zero-order valence-corrected chi connectivity index (χ0v) is 9.88. The van der Waals surface area contributed by atoms with Crippen LogP contribution in [-0.2, 0) is 19.1 Å². The molecular weight excluding hydrogens is 208 g/mol. The van der Waals surface area contributed by atoms with E-state index < -0.39 is 5.97 Å². The first-order valence-electron chi connectivity index (χ1n) is 4.60. The Morgan fingerprint density at radius 3 is 1.69 bits per heavy atom. The van der Waals surface area contributed by atoms with Gasteiger partial charge in [-0.25, -0.2) is 9.59 Å². The average Bonchev–Trinajstić information content (AvgIpc) is 2.25. The molecule has 0 atom stereocenters. The van der Waals surface area contributed by atoms with Crippen molar-refractivity contribution in [2.45, 2.75) is 20.3 Å². The zero-order chi connectivity index (χ0) is 13.1. The predicted octanol–water partition coefficient (Wildman–Crippen LogP) is 2.23. The third-order valence-corrected chi connectivity index (χ3v) is 1.21. The Morgan fingerprint density at radius 2 is 1.50 bits per heavy atom. The maximum absolute atomic E-state index is 10.6. The molecule has 0 aliphatic heterocycles. The number of carbonyl (C=O) groups is 2. The maximum atomic E-state index is 10.6. The fourth-order valence-electron chi connectivity index (χ4n) is 0.411. The van der Waals surface area contributed by atoms with Gasteiger partial charge in [-0.05, 0) is 27.2 Å².